The molecule has 0 aromatic heterocycles. The van der Waals surface area contributed by atoms with Crippen molar-refractivity contribution in [1.82, 2.24) is 0 Å². The predicted molar refractivity (Wildman–Crippen MR) is 174 cm³/mol. The first-order chi connectivity index (χ1) is 21.3. The van der Waals surface area contributed by atoms with Crippen LogP contribution in [0.3, 0.4) is 0 Å². The van der Waals surface area contributed by atoms with Crippen LogP contribution in [-0.2, 0) is 30.7 Å². The van der Waals surface area contributed by atoms with Gasteiger partial charge in [-0.3, -0.25) is 0 Å². The molecular weight excluding hydrogens is 548 g/mol. The van der Waals surface area contributed by atoms with Crippen LogP contribution in [0, 0.1) is 0 Å². The van der Waals surface area contributed by atoms with Crippen molar-refractivity contribution in [1.29, 1.82) is 0 Å². The van der Waals surface area contributed by atoms with Crippen molar-refractivity contribution < 1.29 is 14.2 Å². The van der Waals surface area contributed by atoms with Crippen LogP contribution in [0.1, 0.15) is 16.7 Å². The highest BCUT2D eigenvalue weighted by atomic mass is 32.2. The molecule has 6 aromatic carbocycles. The third-order valence-electron chi connectivity index (χ3n) is 6.92. The second-order valence-corrected chi connectivity index (χ2v) is 12.1. The largest absolute Gasteiger partial charge is 0.489 e. The Morgan fingerprint density at radius 3 is 0.814 bits per heavy atom. The minimum Gasteiger partial charge on any atom is -0.489 e. The standard InChI is InChI=1S/C39H33O3S/c1-4-10-31(11-5-1)28-40-34-16-22-37(23-17-34)43(38-24-18-35(19-25-38)41-29-32-12-6-2-7-13-32)39-26-20-36(21-27-39)42-30-33-14-8-3-9-15-33/h1-27H,28-30H2/q+1. The summed E-state index contributed by atoms with van der Waals surface area (Å²) < 4.78 is 18.2. The Labute approximate surface area is 256 Å². The Hall–Kier alpha value is -4.93. The van der Waals surface area contributed by atoms with E-state index in [9.17, 15) is 0 Å². The van der Waals surface area contributed by atoms with E-state index in [0.717, 1.165) is 33.9 Å². The fourth-order valence-electron chi connectivity index (χ4n) is 4.65. The van der Waals surface area contributed by atoms with E-state index in [-0.39, 0.29) is 10.9 Å². The number of rotatable bonds is 12. The topological polar surface area (TPSA) is 27.7 Å². The van der Waals surface area contributed by atoms with Crippen molar-refractivity contribution in [2.75, 3.05) is 0 Å². The molecule has 0 saturated carbocycles. The van der Waals surface area contributed by atoms with Crippen molar-refractivity contribution in [2.24, 2.45) is 0 Å². The monoisotopic (exact) mass is 581 g/mol. The SMILES string of the molecule is c1ccc(COc2ccc([S+](c3ccc(OCc4ccccc4)cc3)c3ccc(OCc4ccccc4)cc3)cc2)cc1. The molecule has 0 fully saturated rings. The summed E-state index contributed by atoms with van der Waals surface area (Å²) in [6.07, 6.45) is 0. The minimum absolute atomic E-state index is 0.326. The van der Waals surface area contributed by atoms with Gasteiger partial charge in [0.05, 0.1) is 10.9 Å². The highest BCUT2D eigenvalue weighted by molar-refractivity contribution is 7.97. The summed E-state index contributed by atoms with van der Waals surface area (Å²) in [4.78, 5) is 3.63. The normalized spacial score (nSPS) is 10.8. The van der Waals surface area contributed by atoms with Crippen molar-refractivity contribution in [2.45, 2.75) is 34.5 Å². The van der Waals surface area contributed by atoms with Gasteiger partial charge in [0.2, 0.25) is 0 Å². The summed E-state index contributed by atoms with van der Waals surface area (Å²) in [6.45, 7) is 1.63. The molecule has 0 heterocycles. The van der Waals surface area contributed by atoms with Crippen LogP contribution in [0.5, 0.6) is 17.2 Å². The zero-order chi connectivity index (χ0) is 29.1. The molecule has 0 saturated heterocycles. The molecule has 0 aliphatic heterocycles. The lowest BCUT2D eigenvalue weighted by molar-refractivity contribution is 0.306. The van der Waals surface area contributed by atoms with Crippen LogP contribution in [0.15, 0.2) is 178 Å². The number of hydrogen-bond acceptors (Lipinski definition) is 3. The number of ether oxygens (including phenoxy) is 3. The maximum atomic E-state index is 6.07. The second kappa shape index (κ2) is 14.3. The van der Waals surface area contributed by atoms with Gasteiger partial charge in [-0.15, -0.1) is 0 Å². The third-order valence-corrected chi connectivity index (χ3v) is 9.15. The molecule has 43 heavy (non-hydrogen) atoms. The Morgan fingerprint density at radius 1 is 0.302 bits per heavy atom. The maximum absolute atomic E-state index is 6.07. The van der Waals surface area contributed by atoms with Gasteiger partial charge >= 0.3 is 0 Å². The average Bonchev–Trinajstić information content (AvgIpc) is 3.09. The summed E-state index contributed by atoms with van der Waals surface area (Å²) in [6, 6.07) is 56.1. The lowest BCUT2D eigenvalue weighted by atomic mass is 10.2. The Kier molecular flexibility index (Phi) is 9.38. The summed E-state index contributed by atoms with van der Waals surface area (Å²) >= 11 is 0. The van der Waals surface area contributed by atoms with Crippen molar-refractivity contribution in [3.05, 3.63) is 180 Å². The van der Waals surface area contributed by atoms with Gasteiger partial charge in [0.1, 0.15) is 37.1 Å². The zero-order valence-corrected chi connectivity index (χ0v) is 24.7. The lowest BCUT2D eigenvalue weighted by Gasteiger charge is -2.12. The van der Waals surface area contributed by atoms with Crippen LogP contribution in [0.4, 0.5) is 0 Å². The summed E-state index contributed by atoms with van der Waals surface area (Å²) in [5.74, 6) is 2.56. The van der Waals surface area contributed by atoms with Crippen LogP contribution in [-0.4, -0.2) is 0 Å². The molecule has 0 atom stereocenters. The molecule has 0 unspecified atom stereocenters. The van der Waals surface area contributed by atoms with Gasteiger partial charge in [-0.1, -0.05) is 91.0 Å². The van der Waals surface area contributed by atoms with Gasteiger partial charge in [-0.2, -0.15) is 0 Å². The third kappa shape index (κ3) is 7.88. The fourth-order valence-corrected chi connectivity index (χ4v) is 6.69. The predicted octanol–water partition coefficient (Wildman–Crippen LogP) is 9.52. The Morgan fingerprint density at radius 2 is 0.558 bits per heavy atom. The quantitative estimate of drug-likeness (QED) is 0.135. The fraction of sp³-hybridized carbons (Fsp3) is 0.0769. The Bertz CT molecular complexity index is 1460. The molecule has 0 N–H and O–H groups in total. The highest BCUT2D eigenvalue weighted by Gasteiger charge is 2.29. The molecule has 0 radical (unpaired) electrons. The van der Waals surface area contributed by atoms with Gasteiger partial charge < -0.3 is 14.2 Å². The first-order valence-corrected chi connectivity index (χ1v) is 15.6. The highest BCUT2D eigenvalue weighted by Crippen LogP contribution is 2.34. The van der Waals surface area contributed by atoms with Crippen molar-refractivity contribution in [3.63, 3.8) is 0 Å². The summed E-state index contributed by atoms with van der Waals surface area (Å²) in [5.41, 5.74) is 3.45. The van der Waals surface area contributed by atoms with E-state index in [1.54, 1.807) is 0 Å². The first-order valence-electron chi connectivity index (χ1n) is 14.3. The molecule has 0 bridgehead atoms. The molecule has 0 spiro atoms. The van der Waals surface area contributed by atoms with Crippen LogP contribution >= 0.6 is 0 Å². The summed E-state index contributed by atoms with van der Waals surface area (Å²) in [5, 5.41) is 0. The molecule has 212 valence electrons. The average molecular weight is 582 g/mol. The van der Waals surface area contributed by atoms with Crippen LogP contribution < -0.4 is 14.2 Å². The molecule has 4 heteroatoms. The minimum atomic E-state index is -0.326. The van der Waals surface area contributed by atoms with E-state index in [0.29, 0.717) is 19.8 Å². The van der Waals surface area contributed by atoms with Gasteiger partial charge in [0.15, 0.2) is 14.7 Å². The maximum Gasteiger partial charge on any atom is 0.166 e. The first kappa shape index (κ1) is 28.2. The van der Waals surface area contributed by atoms with Crippen LogP contribution in [0.2, 0.25) is 0 Å². The smallest absolute Gasteiger partial charge is 0.166 e. The molecule has 0 aliphatic rings. The van der Waals surface area contributed by atoms with E-state index in [1.807, 2.05) is 54.6 Å². The number of hydrogen-bond donors (Lipinski definition) is 0. The Balaban J connectivity index is 1.21. The van der Waals surface area contributed by atoms with E-state index in [4.69, 9.17) is 14.2 Å². The zero-order valence-electron chi connectivity index (χ0n) is 23.8. The second-order valence-electron chi connectivity index (χ2n) is 10.0. The molecule has 6 aromatic rings. The van der Waals surface area contributed by atoms with Gasteiger partial charge in [-0.05, 0) is 89.5 Å². The number of benzene rings is 6. The van der Waals surface area contributed by atoms with E-state index < -0.39 is 0 Å². The molecule has 3 nitrogen and oxygen atoms in total. The van der Waals surface area contributed by atoms with Gasteiger partial charge in [0.25, 0.3) is 0 Å². The van der Waals surface area contributed by atoms with Crippen LogP contribution in [0.25, 0.3) is 0 Å². The molecular formula is C39H33O3S+. The molecule has 6 rings (SSSR count). The van der Waals surface area contributed by atoms with Gasteiger partial charge in [0, 0.05) is 0 Å². The lowest BCUT2D eigenvalue weighted by Crippen LogP contribution is -2.05. The van der Waals surface area contributed by atoms with E-state index >= 15 is 0 Å². The molecule has 0 aliphatic carbocycles. The van der Waals surface area contributed by atoms with E-state index in [2.05, 4.69) is 109 Å². The van der Waals surface area contributed by atoms with Crippen molar-refractivity contribution >= 4 is 10.9 Å². The van der Waals surface area contributed by atoms with E-state index in [1.165, 1.54) is 14.7 Å². The summed E-state index contributed by atoms with van der Waals surface area (Å²) in [7, 11) is -0.326. The molecule has 0 amide bonds. The van der Waals surface area contributed by atoms with Crippen molar-refractivity contribution in [3.8, 4) is 17.2 Å². The van der Waals surface area contributed by atoms with Gasteiger partial charge in [-0.25, -0.2) is 0 Å².